The van der Waals surface area contributed by atoms with Crippen LogP contribution in [0.3, 0.4) is 0 Å². The Morgan fingerprint density at radius 2 is 1.91 bits per heavy atom. The predicted molar refractivity (Wildman–Crippen MR) is 73.1 cm³/mol. The van der Waals surface area contributed by atoms with E-state index in [0.717, 1.165) is 30.7 Å². The number of amides is 2. The largest absolute Gasteiger partial charge is 0.354 e. The highest BCUT2D eigenvalue weighted by Crippen LogP contribution is 2.18. The third kappa shape index (κ3) is 3.41. The van der Waals surface area contributed by atoms with Crippen LogP contribution in [0, 0.1) is 0 Å². The van der Waals surface area contributed by atoms with Gasteiger partial charge >= 0.3 is 5.76 Å². The fourth-order valence-corrected chi connectivity index (χ4v) is 2.77. The van der Waals surface area contributed by atoms with E-state index in [1.54, 1.807) is 0 Å². The van der Waals surface area contributed by atoms with Crippen molar-refractivity contribution in [3.05, 3.63) is 29.8 Å². The van der Waals surface area contributed by atoms with Crippen molar-refractivity contribution in [1.29, 1.82) is 0 Å². The molecule has 6 nitrogen and oxygen atoms in total. The maximum absolute atomic E-state index is 12.4. The van der Waals surface area contributed by atoms with Crippen molar-refractivity contribution in [2.24, 2.45) is 0 Å². The van der Waals surface area contributed by atoms with E-state index in [9.17, 15) is 26.8 Å². The van der Waals surface area contributed by atoms with E-state index in [2.05, 4.69) is 10.6 Å². The van der Waals surface area contributed by atoms with Gasteiger partial charge in [0, 0.05) is 12.1 Å². The molecule has 1 atom stereocenters. The predicted octanol–water partition coefficient (Wildman–Crippen LogP) is 0.691. The third-order valence-corrected chi connectivity index (χ3v) is 4.67. The van der Waals surface area contributed by atoms with E-state index in [1.807, 2.05) is 0 Å². The van der Waals surface area contributed by atoms with Crippen LogP contribution >= 0.6 is 0 Å². The minimum Gasteiger partial charge on any atom is -0.354 e. The van der Waals surface area contributed by atoms with Crippen molar-refractivity contribution in [3.8, 4) is 0 Å². The Bertz CT molecular complexity index is 674. The highest BCUT2D eigenvalue weighted by molar-refractivity contribution is 7.91. The highest BCUT2D eigenvalue weighted by Gasteiger charge is 2.27. The smallest absolute Gasteiger partial charge is 0.341 e. The molecule has 1 heterocycles. The zero-order chi connectivity index (χ0) is 16.3. The summed E-state index contributed by atoms with van der Waals surface area (Å²) in [5.74, 6) is -4.36. The van der Waals surface area contributed by atoms with E-state index in [0.29, 0.717) is 13.0 Å². The first-order valence-electron chi connectivity index (χ1n) is 6.53. The van der Waals surface area contributed by atoms with E-state index < -0.39 is 32.4 Å². The summed E-state index contributed by atoms with van der Waals surface area (Å²) in [5, 5.41) is 5.13. The average Bonchev–Trinajstić information content (AvgIpc) is 2.49. The molecule has 0 bridgehead atoms. The molecule has 1 saturated heterocycles. The van der Waals surface area contributed by atoms with Gasteiger partial charge < -0.3 is 10.6 Å². The Morgan fingerprint density at radius 1 is 1.27 bits per heavy atom. The lowest BCUT2D eigenvalue weighted by molar-refractivity contribution is -0.124. The maximum Gasteiger partial charge on any atom is 0.341 e. The number of alkyl halides is 2. The van der Waals surface area contributed by atoms with Crippen LogP contribution in [0.25, 0.3) is 0 Å². The van der Waals surface area contributed by atoms with Gasteiger partial charge in [0.15, 0.2) is 0 Å². The summed E-state index contributed by atoms with van der Waals surface area (Å²) in [6, 6.07) is 3.50. The fourth-order valence-electron chi connectivity index (χ4n) is 2.05. The molecular weight excluding hydrogens is 318 g/mol. The third-order valence-electron chi connectivity index (χ3n) is 3.27. The molecule has 1 aromatic rings. The van der Waals surface area contributed by atoms with Crippen LogP contribution in [0.5, 0.6) is 0 Å². The Balaban J connectivity index is 2.10. The van der Waals surface area contributed by atoms with E-state index in [1.165, 1.54) is 0 Å². The standard InChI is InChI=1S/C13H14F2N2O4S/c14-13(15)22(20,21)9-5-3-8(4-6-9)11(18)17-10-2-1-7-16-12(10)19/h3-6,10,13H,1-2,7H2,(H,16,19)(H,17,18)/t10-/m1/s1. The topological polar surface area (TPSA) is 92.3 Å². The quantitative estimate of drug-likeness (QED) is 0.848. The fraction of sp³-hybridized carbons (Fsp3) is 0.385. The van der Waals surface area contributed by atoms with Crippen LogP contribution < -0.4 is 10.6 Å². The molecule has 22 heavy (non-hydrogen) atoms. The molecule has 2 rings (SSSR count). The van der Waals surface area contributed by atoms with E-state index in [4.69, 9.17) is 0 Å². The molecule has 0 aromatic heterocycles. The van der Waals surface area contributed by atoms with Gasteiger partial charge in [-0.05, 0) is 37.1 Å². The van der Waals surface area contributed by atoms with Gasteiger partial charge in [-0.3, -0.25) is 9.59 Å². The van der Waals surface area contributed by atoms with Crippen LogP contribution in [0.15, 0.2) is 29.2 Å². The van der Waals surface area contributed by atoms with Crippen LogP contribution in [0.1, 0.15) is 23.2 Å². The second kappa shape index (κ2) is 6.39. The van der Waals surface area contributed by atoms with Crippen molar-refractivity contribution >= 4 is 21.7 Å². The summed E-state index contributed by atoms with van der Waals surface area (Å²) in [7, 11) is -4.68. The van der Waals surface area contributed by atoms with E-state index >= 15 is 0 Å². The SMILES string of the molecule is O=C(N[C@@H]1CCCNC1=O)c1ccc(S(=O)(=O)C(F)F)cc1. The number of halogens is 2. The lowest BCUT2D eigenvalue weighted by Crippen LogP contribution is -2.50. The number of sulfone groups is 1. The molecule has 9 heteroatoms. The second-order valence-corrected chi connectivity index (χ2v) is 6.71. The molecule has 1 aliphatic rings. The molecule has 2 amide bonds. The van der Waals surface area contributed by atoms with Crippen molar-refractivity contribution < 1.29 is 26.8 Å². The second-order valence-electron chi connectivity index (χ2n) is 4.79. The summed E-state index contributed by atoms with van der Waals surface area (Å²) in [6.45, 7) is 0.561. The Labute approximate surface area is 125 Å². The minimum absolute atomic E-state index is 0.0894. The van der Waals surface area contributed by atoms with Gasteiger partial charge in [-0.2, -0.15) is 8.78 Å². The van der Waals surface area contributed by atoms with Gasteiger partial charge in [0.1, 0.15) is 6.04 Å². The Hall–Kier alpha value is -2.03. The number of carbonyl (C=O) groups excluding carboxylic acids is 2. The maximum atomic E-state index is 12.4. The van der Waals surface area contributed by atoms with Crippen molar-refractivity contribution in [1.82, 2.24) is 10.6 Å². The first kappa shape index (κ1) is 16.3. The van der Waals surface area contributed by atoms with Crippen LogP contribution in [0.4, 0.5) is 8.78 Å². The summed E-state index contributed by atoms with van der Waals surface area (Å²) < 4.78 is 47.3. The minimum atomic E-state index is -4.68. The first-order chi connectivity index (χ1) is 10.3. The molecule has 0 saturated carbocycles. The molecule has 120 valence electrons. The number of carbonyl (C=O) groups is 2. The lowest BCUT2D eigenvalue weighted by atomic mass is 10.1. The molecule has 1 fully saturated rings. The Morgan fingerprint density at radius 3 is 2.45 bits per heavy atom. The first-order valence-corrected chi connectivity index (χ1v) is 8.07. The molecule has 0 aliphatic carbocycles. The van der Waals surface area contributed by atoms with Gasteiger partial charge in [0.25, 0.3) is 5.91 Å². The molecule has 1 aliphatic heterocycles. The number of benzene rings is 1. The lowest BCUT2D eigenvalue weighted by Gasteiger charge is -2.22. The monoisotopic (exact) mass is 332 g/mol. The van der Waals surface area contributed by atoms with Crippen molar-refractivity contribution in [2.75, 3.05) is 6.54 Å². The highest BCUT2D eigenvalue weighted by atomic mass is 32.2. The zero-order valence-electron chi connectivity index (χ0n) is 11.4. The number of hydrogen-bond donors (Lipinski definition) is 2. The summed E-state index contributed by atoms with van der Waals surface area (Å²) in [6.07, 6.45) is 1.25. The Kier molecular flexibility index (Phi) is 4.74. The molecular formula is C13H14F2N2O4S. The van der Waals surface area contributed by atoms with Gasteiger partial charge in [0.05, 0.1) is 4.90 Å². The molecule has 2 N–H and O–H groups in total. The summed E-state index contributed by atoms with van der Waals surface area (Å²) in [4.78, 5) is 22.9. The number of rotatable bonds is 4. The van der Waals surface area contributed by atoms with Gasteiger partial charge in [-0.1, -0.05) is 0 Å². The molecule has 1 aromatic carbocycles. The van der Waals surface area contributed by atoms with Crippen molar-refractivity contribution in [3.63, 3.8) is 0 Å². The number of hydrogen-bond acceptors (Lipinski definition) is 4. The van der Waals surface area contributed by atoms with Crippen LogP contribution in [-0.2, 0) is 14.6 Å². The van der Waals surface area contributed by atoms with Crippen LogP contribution in [0.2, 0.25) is 0 Å². The zero-order valence-corrected chi connectivity index (χ0v) is 12.2. The van der Waals surface area contributed by atoms with E-state index in [-0.39, 0.29) is 11.5 Å². The number of piperidine rings is 1. The average molecular weight is 332 g/mol. The van der Waals surface area contributed by atoms with Crippen molar-refractivity contribution in [2.45, 2.75) is 29.5 Å². The van der Waals surface area contributed by atoms with Gasteiger partial charge in [0.2, 0.25) is 15.7 Å². The number of nitrogens with one attached hydrogen (secondary N) is 2. The molecule has 0 spiro atoms. The summed E-state index contributed by atoms with van der Waals surface area (Å²) in [5.41, 5.74) is 0.0894. The van der Waals surface area contributed by atoms with Gasteiger partial charge in [-0.15, -0.1) is 0 Å². The molecule has 0 radical (unpaired) electrons. The van der Waals surface area contributed by atoms with Gasteiger partial charge in [-0.25, -0.2) is 8.42 Å². The summed E-state index contributed by atoms with van der Waals surface area (Å²) >= 11 is 0. The normalized spacial score (nSPS) is 18.9. The molecule has 0 unspecified atom stereocenters. The van der Waals surface area contributed by atoms with Crippen LogP contribution in [-0.4, -0.2) is 38.6 Å².